The number of hydrogen-bond donors (Lipinski definition) is 0. The molecule has 2 saturated heterocycles. The smallest absolute Gasteiger partial charge is 0.222 e. The highest BCUT2D eigenvalue weighted by atomic mass is 16.7. The van der Waals surface area contributed by atoms with E-state index in [1.54, 1.807) is 6.20 Å². The molecule has 3 rings (SSSR count). The van der Waals surface area contributed by atoms with E-state index >= 15 is 0 Å². The quantitative estimate of drug-likeness (QED) is 0.837. The Morgan fingerprint density at radius 2 is 2.00 bits per heavy atom. The molecule has 0 radical (unpaired) electrons. The van der Waals surface area contributed by atoms with Crippen LogP contribution in [0.4, 0.5) is 0 Å². The van der Waals surface area contributed by atoms with Crippen LogP contribution in [0.15, 0.2) is 24.4 Å². The van der Waals surface area contributed by atoms with E-state index in [1.165, 1.54) is 0 Å². The van der Waals surface area contributed by atoms with Crippen LogP contribution in [0.25, 0.3) is 0 Å². The maximum absolute atomic E-state index is 12.2. The first kappa shape index (κ1) is 13.5. The van der Waals surface area contributed by atoms with Crippen molar-refractivity contribution in [1.82, 2.24) is 9.88 Å². The van der Waals surface area contributed by atoms with E-state index in [0.717, 1.165) is 31.6 Å². The van der Waals surface area contributed by atoms with Crippen molar-refractivity contribution >= 4 is 5.91 Å². The van der Waals surface area contributed by atoms with E-state index in [4.69, 9.17) is 9.47 Å². The molecule has 0 N–H and O–H groups in total. The number of hydrogen-bond acceptors (Lipinski definition) is 4. The summed E-state index contributed by atoms with van der Waals surface area (Å²) in [6.45, 7) is 2.79. The summed E-state index contributed by atoms with van der Waals surface area (Å²) in [4.78, 5) is 18.4. The number of carbonyl (C=O) groups excluding carboxylic acids is 1. The summed E-state index contributed by atoms with van der Waals surface area (Å²) < 4.78 is 11.3. The maximum atomic E-state index is 12.2. The Morgan fingerprint density at radius 3 is 2.65 bits per heavy atom. The molecule has 5 nitrogen and oxygen atoms in total. The monoisotopic (exact) mass is 276 g/mol. The minimum atomic E-state index is -0.405. The molecule has 108 valence electrons. The highest BCUT2D eigenvalue weighted by Gasteiger charge is 2.40. The van der Waals surface area contributed by atoms with E-state index in [1.807, 2.05) is 23.1 Å². The number of carbonyl (C=O) groups is 1. The molecule has 0 aromatic carbocycles. The summed E-state index contributed by atoms with van der Waals surface area (Å²) in [6.07, 6.45) is 4.55. The van der Waals surface area contributed by atoms with Gasteiger partial charge in [0.05, 0.1) is 13.2 Å². The van der Waals surface area contributed by atoms with E-state index in [9.17, 15) is 4.79 Å². The predicted octanol–water partition coefficient (Wildman–Crippen LogP) is 1.38. The second-order valence-corrected chi connectivity index (χ2v) is 5.31. The van der Waals surface area contributed by atoms with E-state index in [2.05, 4.69) is 4.98 Å². The minimum Gasteiger partial charge on any atom is -0.347 e. The molecule has 1 aromatic heterocycles. The fourth-order valence-corrected chi connectivity index (χ4v) is 2.82. The summed E-state index contributed by atoms with van der Waals surface area (Å²) >= 11 is 0. The first-order valence-corrected chi connectivity index (χ1v) is 7.23. The molecule has 20 heavy (non-hydrogen) atoms. The fourth-order valence-electron chi connectivity index (χ4n) is 2.82. The van der Waals surface area contributed by atoms with Crippen molar-refractivity contribution in [1.29, 1.82) is 0 Å². The van der Waals surface area contributed by atoms with Crippen LogP contribution in [0, 0.1) is 0 Å². The Hall–Kier alpha value is -1.46. The van der Waals surface area contributed by atoms with Crippen LogP contribution in [-0.4, -0.2) is 47.9 Å². The van der Waals surface area contributed by atoms with Crippen LogP contribution < -0.4 is 0 Å². The van der Waals surface area contributed by atoms with Crippen molar-refractivity contribution in [3.63, 3.8) is 0 Å². The number of aryl methyl sites for hydroxylation is 1. The van der Waals surface area contributed by atoms with Crippen LogP contribution in [0.2, 0.25) is 0 Å². The molecule has 0 saturated carbocycles. The number of nitrogens with zero attached hydrogens (tertiary/aromatic N) is 2. The van der Waals surface area contributed by atoms with Crippen LogP contribution >= 0.6 is 0 Å². The van der Waals surface area contributed by atoms with Gasteiger partial charge in [0, 0.05) is 44.2 Å². The first-order valence-electron chi connectivity index (χ1n) is 7.23. The summed E-state index contributed by atoms with van der Waals surface area (Å²) in [6, 6.07) is 5.79. The van der Waals surface area contributed by atoms with Gasteiger partial charge in [-0.15, -0.1) is 0 Å². The third-order valence-electron chi connectivity index (χ3n) is 4.01. The summed E-state index contributed by atoms with van der Waals surface area (Å²) in [5.41, 5.74) is 0.969. The van der Waals surface area contributed by atoms with Gasteiger partial charge in [-0.25, -0.2) is 0 Å². The zero-order valence-electron chi connectivity index (χ0n) is 11.6. The molecule has 2 aliphatic rings. The van der Waals surface area contributed by atoms with Crippen molar-refractivity contribution < 1.29 is 14.3 Å². The number of pyridine rings is 1. The lowest BCUT2D eigenvalue weighted by Crippen LogP contribution is -2.47. The van der Waals surface area contributed by atoms with Gasteiger partial charge >= 0.3 is 0 Å². The third-order valence-corrected chi connectivity index (χ3v) is 4.01. The molecular formula is C15H20N2O3. The Kier molecular flexibility index (Phi) is 3.98. The summed E-state index contributed by atoms with van der Waals surface area (Å²) in [5.74, 6) is -0.207. The van der Waals surface area contributed by atoms with Gasteiger partial charge in [-0.3, -0.25) is 9.78 Å². The number of amides is 1. The summed E-state index contributed by atoms with van der Waals surface area (Å²) in [5, 5.41) is 0. The number of likely N-dealkylation sites (tertiary alicyclic amines) is 1. The molecule has 0 unspecified atom stereocenters. The molecule has 2 fully saturated rings. The van der Waals surface area contributed by atoms with E-state index in [-0.39, 0.29) is 5.91 Å². The molecular weight excluding hydrogens is 256 g/mol. The lowest BCUT2D eigenvalue weighted by Gasteiger charge is -2.37. The average Bonchev–Trinajstić information content (AvgIpc) is 2.95. The predicted molar refractivity (Wildman–Crippen MR) is 73.0 cm³/mol. The van der Waals surface area contributed by atoms with Gasteiger partial charge < -0.3 is 14.4 Å². The van der Waals surface area contributed by atoms with E-state index in [0.29, 0.717) is 26.1 Å². The second kappa shape index (κ2) is 5.89. The highest BCUT2D eigenvalue weighted by molar-refractivity contribution is 5.76. The highest BCUT2D eigenvalue weighted by Crippen LogP contribution is 2.31. The van der Waals surface area contributed by atoms with Gasteiger partial charge in [-0.05, 0) is 18.6 Å². The van der Waals surface area contributed by atoms with Gasteiger partial charge in [0.25, 0.3) is 0 Å². The number of aromatic nitrogens is 1. The zero-order chi connectivity index (χ0) is 13.8. The Bertz CT molecular complexity index is 447. The standard InChI is InChI=1S/C15H20N2O3/c18-14(5-4-13-3-1-2-8-16-13)17-9-6-15(7-10-17)19-11-12-20-15/h1-3,8H,4-7,9-12H2. The maximum Gasteiger partial charge on any atom is 0.222 e. The molecule has 1 spiro atoms. The molecule has 0 atom stereocenters. The van der Waals surface area contributed by atoms with Crippen molar-refractivity contribution in [2.24, 2.45) is 0 Å². The van der Waals surface area contributed by atoms with Crippen LogP contribution in [-0.2, 0) is 20.7 Å². The zero-order valence-corrected chi connectivity index (χ0v) is 11.6. The molecule has 3 heterocycles. The molecule has 2 aliphatic heterocycles. The minimum absolute atomic E-state index is 0.198. The van der Waals surface area contributed by atoms with E-state index < -0.39 is 5.79 Å². The van der Waals surface area contributed by atoms with Crippen LogP contribution in [0.1, 0.15) is 25.0 Å². The van der Waals surface area contributed by atoms with Crippen LogP contribution in [0.3, 0.4) is 0 Å². The fraction of sp³-hybridized carbons (Fsp3) is 0.600. The van der Waals surface area contributed by atoms with Crippen molar-refractivity contribution in [3.8, 4) is 0 Å². The Morgan fingerprint density at radius 1 is 1.25 bits per heavy atom. The van der Waals surface area contributed by atoms with Gasteiger partial charge in [0.2, 0.25) is 5.91 Å². The SMILES string of the molecule is O=C(CCc1ccccn1)N1CCC2(CC1)OCCO2. The lowest BCUT2D eigenvalue weighted by molar-refractivity contribution is -0.187. The number of ether oxygens (including phenoxy) is 2. The molecule has 5 heteroatoms. The molecule has 0 aliphatic carbocycles. The average molecular weight is 276 g/mol. The lowest BCUT2D eigenvalue weighted by atomic mass is 10.0. The van der Waals surface area contributed by atoms with Crippen molar-refractivity contribution in [2.75, 3.05) is 26.3 Å². The topological polar surface area (TPSA) is 51.7 Å². The van der Waals surface area contributed by atoms with Crippen molar-refractivity contribution in [3.05, 3.63) is 30.1 Å². The number of rotatable bonds is 3. The summed E-state index contributed by atoms with van der Waals surface area (Å²) in [7, 11) is 0. The first-order chi connectivity index (χ1) is 9.77. The normalized spacial score (nSPS) is 21.3. The van der Waals surface area contributed by atoms with Gasteiger partial charge in [-0.2, -0.15) is 0 Å². The Labute approximate surface area is 118 Å². The van der Waals surface area contributed by atoms with Crippen molar-refractivity contribution in [2.45, 2.75) is 31.5 Å². The Balaban J connectivity index is 1.47. The van der Waals surface area contributed by atoms with Gasteiger partial charge in [0.15, 0.2) is 5.79 Å². The van der Waals surface area contributed by atoms with Gasteiger partial charge in [-0.1, -0.05) is 6.07 Å². The third kappa shape index (κ3) is 2.99. The molecule has 0 bridgehead atoms. The van der Waals surface area contributed by atoms with Gasteiger partial charge in [0.1, 0.15) is 0 Å². The largest absolute Gasteiger partial charge is 0.347 e. The molecule has 1 aromatic rings. The number of piperidine rings is 1. The van der Waals surface area contributed by atoms with Crippen LogP contribution in [0.5, 0.6) is 0 Å². The second-order valence-electron chi connectivity index (χ2n) is 5.31. The molecule has 1 amide bonds.